The second-order valence-electron chi connectivity index (χ2n) is 3.39. The smallest absolute Gasteiger partial charge is 0.146 e. The molecule has 0 saturated carbocycles. The Labute approximate surface area is 80.9 Å². The highest BCUT2D eigenvalue weighted by molar-refractivity contribution is 5.62. The van der Waals surface area contributed by atoms with Crippen LogP contribution in [0.25, 0.3) is 0 Å². The number of rotatable bonds is 3. The van der Waals surface area contributed by atoms with Gasteiger partial charge in [0.15, 0.2) is 0 Å². The van der Waals surface area contributed by atoms with Gasteiger partial charge in [-0.05, 0) is 24.5 Å². The van der Waals surface area contributed by atoms with E-state index in [0.717, 1.165) is 12.2 Å². The van der Waals surface area contributed by atoms with Crippen LogP contribution in [0.5, 0.6) is 0 Å². The maximum Gasteiger partial charge on any atom is 0.146 e. The monoisotopic (exact) mass is 181 g/mol. The maximum atomic E-state index is 5.70. The lowest BCUT2D eigenvalue weighted by atomic mass is 10.1. The van der Waals surface area contributed by atoms with Gasteiger partial charge < -0.3 is 11.1 Å². The molecule has 3 nitrogen and oxygen atoms in total. The highest BCUT2D eigenvalue weighted by atomic mass is 14.9. The molecular weight excluding hydrogens is 162 g/mol. The molecule has 0 radical (unpaired) electrons. The fourth-order valence-electron chi connectivity index (χ4n) is 1.14. The van der Waals surface area contributed by atoms with Crippen molar-refractivity contribution in [2.24, 2.45) is 0 Å². The minimum absolute atomic E-state index is 0. The standard InChI is InChI=1S/C10H17N3.H2/c1-4-12-9-5-8(7(2)3)6-13-10(9)11;/h5-7,12H,4H2,1-3H3,(H2,11,13);1H. The van der Waals surface area contributed by atoms with E-state index in [1.165, 1.54) is 5.56 Å². The molecule has 0 saturated heterocycles. The van der Waals surface area contributed by atoms with Crippen LogP contribution in [0, 0.1) is 0 Å². The third-order valence-electron chi connectivity index (χ3n) is 1.97. The van der Waals surface area contributed by atoms with Gasteiger partial charge in [0.25, 0.3) is 0 Å². The number of nitrogen functional groups attached to an aromatic ring is 1. The average Bonchev–Trinajstić information content (AvgIpc) is 2.08. The Morgan fingerprint density at radius 2 is 2.31 bits per heavy atom. The van der Waals surface area contributed by atoms with E-state index in [0.29, 0.717) is 11.7 Å². The topological polar surface area (TPSA) is 50.9 Å². The van der Waals surface area contributed by atoms with Crippen LogP contribution in [0.2, 0.25) is 0 Å². The van der Waals surface area contributed by atoms with E-state index in [9.17, 15) is 0 Å². The molecule has 3 N–H and O–H groups in total. The van der Waals surface area contributed by atoms with Crippen LogP contribution < -0.4 is 11.1 Å². The number of nitrogens with one attached hydrogen (secondary N) is 1. The number of pyridine rings is 1. The summed E-state index contributed by atoms with van der Waals surface area (Å²) < 4.78 is 0. The average molecular weight is 181 g/mol. The first-order chi connectivity index (χ1) is 6.15. The first-order valence-electron chi connectivity index (χ1n) is 4.64. The Kier molecular flexibility index (Phi) is 3.12. The number of aromatic nitrogens is 1. The summed E-state index contributed by atoms with van der Waals surface area (Å²) >= 11 is 0. The molecule has 13 heavy (non-hydrogen) atoms. The van der Waals surface area contributed by atoms with E-state index < -0.39 is 0 Å². The van der Waals surface area contributed by atoms with Gasteiger partial charge in [-0.25, -0.2) is 4.98 Å². The van der Waals surface area contributed by atoms with Crippen LogP contribution in [-0.4, -0.2) is 11.5 Å². The molecule has 0 aliphatic rings. The minimum atomic E-state index is 0. The van der Waals surface area contributed by atoms with E-state index in [-0.39, 0.29) is 1.43 Å². The summed E-state index contributed by atoms with van der Waals surface area (Å²) in [6, 6.07) is 2.07. The van der Waals surface area contributed by atoms with Crippen LogP contribution in [0.4, 0.5) is 11.5 Å². The third-order valence-corrected chi connectivity index (χ3v) is 1.97. The zero-order chi connectivity index (χ0) is 9.84. The van der Waals surface area contributed by atoms with Gasteiger partial charge in [0.1, 0.15) is 5.82 Å². The molecule has 0 aliphatic heterocycles. The van der Waals surface area contributed by atoms with Crippen molar-refractivity contribution >= 4 is 11.5 Å². The molecule has 1 rings (SSSR count). The van der Waals surface area contributed by atoms with Crippen molar-refractivity contribution in [3.05, 3.63) is 17.8 Å². The Balaban J connectivity index is 0.00000169. The van der Waals surface area contributed by atoms with Crippen molar-refractivity contribution in [2.75, 3.05) is 17.6 Å². The molecule has 1 aromatic heterocycles. The zero-order valence-corrected chi connectivity index (χ0v) is 8.46. The number of nitrogens with zero attached hydrogens (tertiary/aromatic N) is 1. The molecule has 1 aromatic rings. The number of hydrogen-bond donors (Lipinski definition) is 2. The minimum Gasteiger partial charge on any atom is -0.382 e. The van der Waals surface area contributed by atoms with Gasteiger partial charge in [-0.15, -0.1) is 0 Å². The molecule has 0 fully saturated rings. The second-order valence-corrected chi connectivity index (χ2v) is 3.39. The van der Waals surface area contributed by atoms with Gasteiger partial charge >= 0.3 is 0 Å². The van der Waals surface area contributed by atoms with E-state index in [4.69, 9.17) is 5.73 Å². The van der Waals surface area contributed by atoms with Gasteiger partial charge in [0.05, 0.1) is 5.69 Å². The van der Waals surface area contributed by atoms with Crippen LogP contribution >= 0.6 is 0 Å². The van der Waals surface area contributed by atoms with Crippen molar-refractivity contribution in [3.63, 3.8) is 0 Å². The van der Waals surface area contributed by atoms with Gasteiger partial charge in [0, 0.05) is 14.2 Å². The molecule has 0 bridgehead atoms. The fraction of sp³-hybridized carbons (Fsp3) is 0.500. The molecule has 1 heterocycles. The predicted octanol–water partition coefficient (Wildman–Crippen LogP) is 2.46. The molecule has 0 aliphatic carbocycles. The summed E-state index contributed by atoms with van der Waals surface area (Å²) in [7, 11) is 0. The van der Waals surface area contributed by atoms with E-state index in [2.05, 4.69) is 30.2 Å². The lowest BCUT2D eigenvalue weighted by molar-refractivity contribution is 0.859. The second kappa shape index (κ2) is 4.12. The Bertz CT molecular complexity index is 287. The Morgan fingerprint density at radius 3 is 2.85 bits per heavy atom. The van der Waals surface area contributed by atoms with Gasteiger partial charge in [-0.2, -0.15) is 0 Å². The molecule has 0 atom stereocenters. The highest BCUT2D eigenvalue weighted by Gasteiger charge is 2.03. The lowest BCUT2D eigenvalue weighted by Crippen LogP contribution is -2.04. The van der Waals surface area contributed by atoms with Crippen molar-refractivity contribution in [1.29, 1.82) is 0 Å². The summed E-state index contributed by atoms with van der Waals surface area (Å²) in [4.78, 5) is 4.13. The highest BCUT2D eigenvalue weighted by Crippen LogP contribution is 2.21. The molecule has 74 valence electrons. The van der Waals surface area contributed by atoms with Crippen molar-refractivity contribution in [1.82, 2.24) is 4.98 Å². The van der Waals surface area contributed by atoms with Crippen molar-refractivity contribution in [3.8, 4) is 0 Å². The van der Waals surface area contributed by atoms with Gasteiger partial charge in [-0.3, -0.25) is 0 Å². The fourth-order valence-corrected chi connectivity index (χ4v) is 1.14. The summed E-state index contributed by atoms with van der Waals surface area (Å²) in [5.41, 5.74) is 7.85. The largest absolute Gasteiger partial charge is 0.382 e. The van der Waals surface area contributed by atoms with Gasteiger partial charge in [0.2, 0.25) is 0 Å². The summed E-state index contributed by atoms with van der Waals surface area (Å²) in [6.45, 7) is 7.20. The first-order valence-corrected chi connectivity index (χ1v) is 4.64. The normalized spacial score (nSPS) is 10.5. The first kappa shape index (κ1) is 9.84. The number of nitrogens with two attached hydrogens (primary N) is 1. The van der Waals surface area contributed by atoms with Crippen molar-refractivity contribution in [2.45, 2.75) is 26.7 Å². The van der Waals surface area contributed by atoms with E-state index in [1.807, 2.05) is 13.1 Å². The number of hydrogen-bond acceptors (Lipinski definition) is 3. The summed E-state index contributed by atoms with van der Waals surface area (Å²) in [5, 5.41) is 3.18. The van der Waals surface area contributed by atoms with Crippen LogP contribution in [0.3, 0.4) is 0 Å². The summed E-state index contributed by atoms with van der Waals surface area (Å²) in [5.74, 6) is 1.07. The third kappa shape index (κ3) is 2.34. The molecule has 0 aromatic carbocycles. The van der Waals surface area contributed by atoms with Crippen LogP contribution in [0.1, 0.15) is 33.7 Å². The van der Waals surface area contributed by atoms with Crippen LogP contribution in [-0.2, 0) is 0 Å². The zero-order valence-electron chi connectivity index (χ0n) is 8.46. The molecule has 0 unspecified atom stereocenters. The van der Waals surface area contributed by atoms with Crippen LogP contribution in [0.15, 0.2) is 12.3 Å². The quantitative estimate of drug-likeness (QED) is 0.753. The Morgan fingerprint density at radius 1 is 1.62 bits per heavy atom. The molecule has 0 amide bonds. The lowest BCUT2D eigenvalue weighted by Gasteiger charge is -2.10. The van der Waals surface area contributed by atoms with E-state index >= 15 is 0 Å². The summed E-state index contributed by atoms with van der Waals surface area (Å²) in [6.07, 6.45) is 1.83. The Hall–Kier alpha value is -1.25. The predicted molar refractivity (Wildman–Crippen MR) is 59.0 cm³/mol. The SMILES string of the molecule is CCNc1cc(C(C)C)cnc1N.[HH]. The van der Waals surface area contributed by atoms with E-state index in [1.54, 1.807) is 0 Å². The maximum absolute atomic E-state index is 5.70. The molecule has 0 spiro atoms. The van der Waals surface area contributed by atoms with Crippen molar-refractivity contribution < 1.29 is 1.43 Å². The van der Waals surface area contributed by atoms with Gasteiger partial charge in [-0.1, -0.05) is 13.8 Å². The molecule has 3 heteroatoms. The number of anilines is 2. The molecular formula is C10H19N3.